The molecule has 0 bridgehead atoms. The topological polar surface area (TPSA) is 77.4 Å². The summed E-state index contributed by atoms with van der Waals surface area (Å²) in [5.74, 6) is -1.25. The Morgan fingerprint density at radius 2 is 1.55 bits per heavy atom. The summed E-state index contributed by atoms with van der Waals surface area (Å²) < 4.78 is 27.3. The molecular weight excluding hydrogens is 402 g/mol. The molecule has 3 aliphatic rings. The van der Waals surface area contributed by atoms with Gasteiger partial charge in [0.1, 0.15) is 0 Å². The molecule has 9 heteroatoms. The molecule has 2 aromatic rings. The van der Waals surface area contributed by atoms with Gasteiger partial charge in [0.15, 0.2) is 0 Å². The highest BCUT2D eigenvalue weighted by molar-refractivity contribution is 5.59. The van der Waals surface area contributed by atoms with Crippen molar-refractivity contribution in [3.05, 3.63) is 29.3 Å². The number of benzene rings is 1. The van der Waals surface area contributed by atoms with Crippen molar-refractivity contribution < 1.29 is 13.9 Å². The first-order valence-corrected chi connectivity index (χ1v) is 11.2. The van der Waals surface area contributed by atoms with Crippen molar-refractivity contribution >= 4 is 23.5 Å². The normalized spacial score (nSPS) is 21.3. The molecule has 31 heavy (non-hydrogen) atoms. The van der Waals surface area contributed by atoms with Crippen LogP contribution in [0.1, 0.15) is 43.2 Å². The zero-order chi connectivity index (χ0) is 21.4. The number of aromatic nitrogens is 3. The fraction of sp³-hybridized carbons (Fsp3) is 0.591. The molecule has 2 N–H and O–H groups in total. The number of hydrogen-bond acceptors (Lipinski definition) is 7. The van der Waals surface area contributed by atoms with Gasteiger partial charge in [-0.05, 0) is 55.4 Å². The molecule has 0 radical (unpaired) electrons. The number of rotatable bonds is 4. The molecular formula is C22H28F2N6O. The minimum atomic E-state index is -2.62. The number of piperidine rings is 2. The van der Waals surface area contributed by atoms with Crippen molar-refractivity contribution in [1.82, 2.24) is 15.0 Å². The third-order valence-electron chi connectivity index (χ3n) is 6.49. The minimum Gasteiger partial charge on any atom is -0.393 e. The van der Waals surface area contributed by atoms with Crippen molar-refractivity contribution in [2.45, 2.75) is 57.0 Å². The summed E-state index contributed by atoms with van der Waals surface area (Å²) in [6, 6.07) is 6.32. The van der Waals surface area contributed by atoms with E-state index in [1.54, 1.807) is 0 Å². The van der Waals surface area contributed by atoms with E-state index in [0.717, 1.165) is 18.5 Å². The Morgan fingerprint density at radius 3 is 2.26 bits per heavy atom. The molecule has 2 fully saturated rings. The van der Waals surface area contributed by atoms with Crippen LogP contribution in [0.2, 0.25) is 0 Å². The zero-order valence-electron chi connectivity index (χ0n) is 17.5. The maximum absolute atomic E-state index is 13.7. The van der Waals surface area contributed by atoms with Crippen LogP contribution in [0.15, 0.2) is 18.2 Å². The van der Waals surface area contributed by atoms with Crippen LogP contribution in [-0.4, -0.2) is 58.3 Å². The van der Waals surface area contributed by atoms with Crippen molar-refractivity contribution in [2.24, 2.45) is 0 Å². The summed E-state index contributed by atoms with van der Waals surface area (Å²) in [5.41, 5.74) is 3.66. The van der Waals surface area contributed by atoms with Gasteiger partial charge in [0.2, 0.25) is 17.8 Å². The van der Waals surface area contributed by atoms with Crippen molar-refractivity contribution in [3.8, 4) is 0 Å². The van der Waals surface area contributed by atoms with Gasteiger partial charge >= 0.3 is 0 Å². The van der Waals surface area contributed by atoms with E-state index in [1.807, 2.05) is 15.9 Å². The van der Waals surface area contributed by atoms with E-state index in [1.165, 1.54) is 17.5 Å². The molecule has 0 spiro atoms. The first-order chi connectivity index (χ1) is 14.9. The van der Waals surface area contributed by atoms with Crippen molar-refractivity contribution in [1.29, 1.82) is 0 Å². The second kappa shape index (κ2) is 8.18. The van der Waals surface area contributed by atoms with Gasteiger partial charge in [-0.25, -0.2) is 8.78 Å². The maximum atomic E-state index is 13.7. The number of aliphatic hydroxyl groups is 1. The van der Waals surface area contributed by atoms with Gasteiger partial charge in [-0.2, -0.15) is 15.0 Å². The molecule has 166 valence electrons. The predicted molar refractivity (Wildman–Crippen MR) is 115 cm³/mol. The summed E-state index contributed by atoms with van der Waals surface area (Å²) in [4.78, 5) is 17.7. The number of halogens is 2. The van der Waals surface area contributed by atoms with E-state index in [4.69, 9.17) is 0 Å². The number of aryl methyl sites for hydroxylation is 2. The third kappa shape index (κ3) is 4.56. The number of hydrogen-bond donors (Lipinski definition) is 2. The van der Waals surface area contributed by atoms with Crippen LogP contribution in [0.4, 0.5) is 32.3 Å². The average Bonchev–Trinajstić information content (AvgIpc) is 3.22. The number of alkyl halides is 2. The molecule has 7 nitrogen and oxygen atoms in total. The van der Waals surface area contributed by atoms with Gasteiger partial charge in [-0.3, -0.25) is 0 Å². The molecule has 2 aliphatic heterocycles. The average molecular weight is 431 g/mol. The summed E-state index contributed by atoms with van der Waals surface area (Å²) in [6.45, 7) is 1.74. The number of aliphatic hydroxyl groups excluding tert-OH is 1. The SMILES string of the molecule is OC1CCN(c2nc(Nc3ccc4c(c3)CCC4)nc(N3CCC(F)(F)CC3)n2)CC1. The Bertz CT molecular complexity index is 938. The van der Waals surface area contributed by atoms with E-state index >= 15 is 0 Å². The molecule has 0 unspecified atom stereocenters. The predicted octanol–water partition coefficient (Wildman–Crippen LogP) is 3.30. The molecule has 0 amide bonds. The lowest BCUT2D eigenvalue weighted by atomic mass is 10.1. The van der Waals surface area contributed by atoms with Crippen LogP contribution < -0.4 is 15.1 Å². The largest absolute Gasteiger partial charge is 0.393 e. The molecule has 0 saturated carbocycles. The van der Waals surface area contributed by atoms with Gasteiger partial charge < -0.3 is 20.2 Å². The van der Waals surface area contributed by atoms with Gasteiger partial charge in [0.05, 0.1) is 6.10 Å². The fourth-order valence-corrected chi connectivity index (χ4v) is 4.57. The molecule has 5 rings (SSSR count). The van der Waals surface area contributed by atoms with E-state index in [9.17, 15) is 13.9 Å². The number of anilines is 4. The highest BCUT2D eigenvalue weighted by Gasteiger charge is 2.35. The Hall–Kier alpha value is -2.55. The van der Waals surface area contributed by atoms with E-state index < -0.39 is 5.92 Å². The smallest absolute Gasteiger partial charge is 0.251 e. The van der Waals surface area contributed by atoms with Crippen LogP contribution in [0.5, 0.6) is 0 Å². The molecule has 1 aliphatic carbocycles. The summed E-state index contributed by atoms with van der Waals surface area (Å²) >= 11 is 0. The van der Waals surface area contributed by atoms with Crippen molar-refractivity contribution in [3.63, 3.8) is 0 Å². The molecule has 0 atom stereocenters. The van der Waals surface area contributed by atoms with E-state index in [-0.39, 0.29) is 32.0 Å². The first kappa shape index (κ1) is 20.4. The minimum absolute atomic E-state index is 0.197. The fourth-order valence-electron chi connectivity index (χ4n) is 4.57. The number of nitrogens with zero attached hydrogens (tertiary/aromatic N) is 5. The van der Waals surface area contributed by atoms with E-state index in [2.05, 4.69) is 32.4 Å². The Balaban J connectivity index is 1.42. The summed E-state index contributed by atoms with van der Waals surface area (Å²) in [6.07, 6.45) is 4.00. The van der Waals surface area contributed by atoms with Crippen LogP contribution in [0, 0.1) is 0 Å². The Kier molecular flexibility index (Phi) is 5.37. The first-order valence-electron chi connectivity index (χ1n) is 11.2. The van der Waals surface area contributed by atoms with E-state index in [0.29, 0.717) is 43.8 Å². The van der Waals surface area contributed by atoms with Crippen LogP contribution in [-0.2, 0) is 12.8 Å². The third-order valence-corrected chi connectivity index (χ3v) is 6.49. The van der Waals surface area contributed by atoms with Gasteiger partial charge in [0.25, 0.3) is 5.92 Å². The Morgan fingerprint density at radius 1 is 0.903 bits per heavy atom. The lowest BCUT2D eigenvalue weighted by Gasteiger charge is -2.33. The van der Waals surface area contributed by atoms with Crippen LogP contribution in [0.3, 0.4) is 0 Å². The Labute approximate surface area is 180 Å². The molecule has 3 heterocycles. The number of nitrogens with one attached hydrogen (secondary N) is 1. The van der Waals surface area contributed by atoms with Crippen LogP contribution >= 0.6 is 0 Å². The van der Waals surface area contributed by atoms with Crippen molar-refractivity contribution in [2.75, 3.05) is 41.3 Å². The standard InChI is InChI=1S/C22H28F2N6O/c23-22(24)8-12-30(13-9-22)21-27-19(25-17-5-4-15-2-1-3-16(15)14-17)26-20(28-21)29-10-6-18(31)7-11-29/h4-5,14,18,31H,1-3,6-13H2,(H,25,26,27,28). The summed E-state index contributed by atoms with van der Waals surface area (Å²) in [5, 5.41) is 13.1. The molecule has 1 aromatic heterocycles. The second-order valence-corrected chi connectivity index (χ2v) is 8.78. The van der Waals surface area contributed by atoms with Gasteiger partial charge in [0, 0.05) is 44.7 Å². The molecule has 2 saturated heterocycles. The second-order valence-electron chi connectivity index (χ2n) is 8.78. The van der Waals surface area contributed by atoms with Crippen LogP contribution in [0.25, 0.3) is 0 Å². The lowest BCUT2D eigenvalue weighted by molar-refractivity contribution is -0.0222. The highest BCUT2D eigenvalue weighted by Crippen LogP contribution is 2.31. The lowest BCUT2D eigenvalue weighted by Crippen LogP contribution is -2.41. The maximum Gasteiger partial charge on any atom is 0.251 e. The summed E-state index contributed by atoms with van der Waals surface area (Å²) in [7, 11) is 0. The monoisotopic (exact) mass is 430 g/mol. The zero-order valence-corrected chi connectivity index (χ0v) is 17.5. The molecule has 1 aromatic carbocycles. The highest BCUT2D eigenvalue weighted by atomic mass is 19.3. The van der Waals surface area contributed by atoms with Gasteiger partial charge in [-0.1, -0.05) is 6.07 Å². The quantitative estimate of drug-likeness (QED) is 0.771. The number of fused-ring (bicyclic) bond motifs is 1. The van der Waals surface area contributed by atoms with Gasteiger partial charge in [-0.15, -0.1) is 0 Å².